The molecule has 8 heteroatoms. The molecule has 1 saturated heterocycles. The number of carbonyl (C=O) groups excluding carboxylic acids is 1. The van der Waals surface area contributed by atoms with Gasteiger partial charge in [-0.15, -0.1) is 10.2 Å². The molecule has 2 fully saturated rings. The van der Waals surface area contributed by atoms with Crippen LogP contribution in [-0.2, 0) is 11.8 Å². The average molecular weight is 409 g/mol. The summed E-state index contributed by atoms with van der Waals surface area (Å²) in [6.07, 6.45) is 9.52. The van der Waals surface area contributed by atoms with E-state index >= 15 is 0 Å². The van der Waals surface area contributed by atoms with Crippen LogP contribution in [-0.4, -0.2) is 43.8 Å². The minimum Gasteiger partial charge on any atom is -0.359 e. The number of anilines is 1. The topological polar surface area (TPSA) is 88.6 Å². The molecule has 0 aromatic carbocycles. The van der Waals surface area contributed by atoms with Gasteiger partial charge in [0.15, 0.2) is 11.5 Å². The van der Waals surface area contributed by atoms with Crippen molar-refractivity contribution in [1.29, 1.82) is 0 Å². The first-order valence-corrected chi connectivity index (χ1v) is 10.9. The molecule has 3 aromatic heterocycles. The van der Waals surface area contributed by atoms with Crippen LogP contribution in [0.2, 0.25) is 0 Å². The predicted octanol–water partition coefficient (Wildman–Crippen LogP) is 4.04. The van der Waals surface area contributed by atoms with Gasteiger partial charge in [-0.3, -0.25) is 9.72 Å². The number of urea groups is 1. The SMILES string of the molecule is CC1(c2cc(NC(=O)N3CCCC(Cc4nnc5ccccn45)C3)no2)CCCC1. The second-order valence-corrected chi connectivity index (χ2v) is 8.98. The van der Waals surface area contributed by atoms with Crippen LogP contribution < -0.4 is 5.32 Å². The summed E-state index contributed by atoms with van der Waals surface area (Å²) >= 11 is 0. The van der Waals surface area contributed by atoms with Crippen molar-refractivity contribution in [3.05, 3.63) is 42.0 Å². The van der Waals surface area contributed by atoms with E-state index in [0.717, 1.165) is 55.9 Å². The van der Waals surface area contributed by atoms with Crippen LogP contribution in [0.4, 0.5) is 10.6 Å². The first-order chi connectivity index (χ1) is 14.6. The molecule has 2 aliphatic rings. The molecule has 1 aliphatic carbocycles. The Morgan fingerprint density at radius 1 is 1.27 bits per heavy atom. The molecule has 30 heavy (non-hydrogen) atoms. The van der Waals surface area contributed by atoms with Gasteiger partial charge >= 0.3 is 6.03 Å². The Labute approximate surface area is 175 Å². The zero-order chi connectivity index (χ0) is 20.6. The summed E-state index contributed by atoms with van der Waals surface area (Å²) in [4.78, 5) is 14.7. The maximum Gasteiger partial charge on any atom is 0.323 e. The molecule has 1 atom stereocenters. The fourth-order valence-corrected chi connectivity index (χ4v) is 4.91. The number of hydrogen-bond donors (Lipinski definition) is 1. The van der Waals surface area contributed by atoms with Crippen LogP contribution >= 0.6 is 0 Å². The van der Waals surface area contributed by atoms with E-state index in [0.29, 0.717) is 18.3 Å². The molecular weight excluding hydrogens is 380 g/mol. The minimum absolute atomic E-state index is 0.0488. The summed E-state index contributed by atoms with van der Waals surface area (Å²) in [5.41, 5.74) is 0.906. The number of carbonyl (C=O) groups is 1. The lowest BCUT2D eigenvalue weighted by atomic mass is 9.86. The average Bonchev–Trinajstić information content (AvgIpc) is 3.50. The van der Waals surface area contributed by atoms with Crippen LogP contribution in [0.1, 0.15) is 57.0 Å². The van der Waals surface area contributed by atoms with Gasteiger partial charge in [-0.2, -0.15) is 0 Å². The van der Waals surface area contributed by atoms with E-state index in [9.17, 15) is 4.79 Å². The van der Waals surface area contributed by atoms with Crippen molar-refractivity contribution in [3.63, 3.8) is 0 Å². The summed E-state index contributed by atoms with van der Waals surface area (Å²) in [6, 6.07) is 7.69. The Kier molecular flexibility index (Phi) is 4.92. The number of fused-ring (bicyclic) bond motifs is 1. The Bertz CT molecular complexity index is 1040. The molecule has 1 aliphatic heterocycles. The van der Waals surface area contributed by atoms with Gasteiger partial charge in [-0.1, -0.05) is 31.0 Å². The van der Waals surface area contributed by atoms with Gasteiger partial charge in [0.25, 0.3) is 0 Å². The third-order valence-electron chi connectivity index (χ3n) is 6.71. The van der Waals surface area contributed by atoms with Gasteiger partial charge < -0.3 is 9.42 Å². The number of hydrogen-bond acceptors (Lipinski definition) is 5. The highest BCUT2D eigenvalue weighted by molar-refractivity contribution is 5.88. The molecule has 1 unspecified atom stereocenters. The zero-order valence-corrected chi connectivity index (χ0v) is 17.4. The van der Waals surface area contributed by atoms with Gasteiger partial charge in [0.2, 0.25) is 0 Å². The molecule has 5 rings (SSSR count). The van der Waals surface area contributed by atoms with E-state index in [4.69, 9.17) is 4.52 Å². The van der Waals surface area contributed by atoms with Crippen LogP contribution in [0.25, 0.3) is 5.65 Å². The molecule has 2 amide bonds. The molecule has 1 N–H and O–H groups in total. The van der Waals surface area contributed by atoms with Crippen LogP contribution in [0.3, 0.4) is 0 Å². The van der Waals surface area contributed by atoms with E-state index in [1.54, 1.807) is 0 Å². The monoisotopic (exact) mass is 408 g/mol. The molecule has 1 saturated carbocycles. The second kappa shape index (κ2) is 7.74. The summed E-state index contributed by atoms with van der Waals surface area (Å²) < 4.78 is 7.60. The van der Waals surface area contributed by atoms with Gasteiger partial charge in [-0.05, 0) is 43.7 Å². The molecule has 4 heterocycles. The highest BCUT2D eigenvalue weighted by Crippen LogP contribution is 2.41. The van der Waals surface area contributed by atoms with Crippen LogP contribution in [0.5, 0.6) is 0 Å². The standard InChI is InChI=1S/C22H28N6O2/c1-22(9-3-4-10-22)17-14-18(26-30-17)23-21(29)27-11-6-7-16(15-27)13-20-25-24-19-8-2-5-12-28(19)20/h2,5,8,12,14,16H,3-4,6-7,9-11,13,15H2,1H3,(H,23,26,29). The first-order valence-electron chi connectivity index (χ1n) is 10.9. The van der Waals surface area contributed by atoms with Crippen molar-refractivity contribution in [2.24, 2.45) is 5.92 Å². The fraction of sp³-hybridized carbons (Fsp3) is 0.545. The van der Waals surface area contributed by atoms with E-state index in [1.807, 2.05) is 39.8 Å². The van der Waals surface area contributed by atoms with Crippen molar-refractivity contribution in [2.75, 3.05) is 18.4 Å². The van der Waals surface area contributed by atoms with E-state index in [2.05, 4.69) is 27.6 Å². The Morgan fingerprint density at radius 2 is 2.13 bits per heavy atom. The lowest BCUT2D eigenvalue weighted by Crippen LogP contribution is -2.43. The summed E-state index contributed by atoms with van der Waals surface area (Å²) in [5, 5.41) is 15.6. The van der Waals surface area contributed by atoms with Crippen molar-refractivity contribution in [2.45, 2.75) is 57.3 Å². The van der Waals surface area contributed by atoms with Crippen molar-refractivity contribution >= 4 is 17.5 Å². The van der Waals surface area contributed by atoms with E-state index in [-0.39, 0.29) is 11.4 Å². The summed E-state index contributed by atoms with van der Waals surface area (Å²) in [5.74, 6) is 2.70. The maximum absolute atomic E-state index is 12.8. The van der Waals surface area contributed by atoms with Crippen molar-refractivity contribution in [1.82, 2.24) is 24.7 Å². The molecule has 0 bridgehead atoms. The van der Waals surface area contributed by atoms with Gasteiger partial charge in [0, 0.05) is 37.2 Å². The third-order valence-corrected chi connectivity index (χ3v) is 6.71. The fourth-order valence-electron chi connectivity index (χ4n) is 4.91. The maximum atomic E-state index is 12.8. The quantitative estimate of drug-likeness (QED) is 0.704. The minimum atomic E-state index is -0.109. The van der Waals surface area contributed by atoms with Crippen molar-refractivity contribution < 1.29 is 9.32 Å². The second-order valence-electron chi connectivity index (χ2n) is 8.98. The molecule has 0 radical (unpaired) electrons. The number of amides is 2. The Hall–Kier alpha value is -2.90. The Balaban J connectivity index is 1.22. The van der Waals surface area contributed by atoms with Gasteiger partial charge in [0.1, 0.15) is 11.6 Å². The third kappa shape index (κ3) is 3.66. The molecule has 8 nitrogen and oxygen atoms in total. The van der Waals surface area contributed by atoms with Crippen LogP contribution in [0, 0.1) is 5.92 Å². The number of nitrogens with zero attached hydrogens (tertiary/aromatic N) is 5. The van der Waals surface area contributed by atoms with E-state index < -0.39 is 0 Å². The number of nitrogens with one attached hydrogen (secondary N) is 1. The zero-order valence-electron chi connectivity index (χ0n) is 17.4. The number of rotatable bonds is 4. The van der Waals surface area contributed by atoms with Gasteiger partial charge in [-0.25, -0.2) is 4.79 Å². The van der Waals surface area contributed by atoms with E-state index in [1.165, 1.54) is 12.8 Å². The number of piperidine rings is 1. The number of likely N-dealkylation sites (tertiary alicyclic amines) is 1. The number of pyridine rings is 1. The molecule has 0 spiro atoms. The largest absolute Gasteiger partial charge is 0.359 e. The lowest BCUT2D eigenvalue weighted by molar-refractivity contribution is 0.176. The highest BCUT2D eigenvalue weighted by atomic mass is 16.5. The predicted molar refractivity (Wildman–Crippen MR) is 112 cm³/mol. The Morgan fingerprint density at radius 3 is 3.00 bits per heavy atom. The van der Waals surface area contributed by atoms with Crippen molar-refractivity contribution in [3.8, 4) is 0 Å². The number of aromatic nitrogens is 4. The first kappa shape index (κ1) is 19.1. The summed E-state index contributed by atoms with van der Waals surface area (Å²) in [6.45, 7) is 3.68. The highest BCUT2D eigenvalue weighted by Gasteiger charge is 2.35. The van der Waals surface area contributed by atoms with Crippen LogP contribution in [0.15, 0.2) is 35.0 Å². The smallest absolute Gasteiger partial charge is 0.323 e. The molecule has 3 aromatic rings. The lowest BCUT2D eigenvalue weighted by Gasteiger charge is -2.32. The normalized spacial score (nSPS) is 21.2. The van der Waals surface area contributed by atoms with Gasteiger partial charge in [0.05, 0.1) is 0 Å². The molecular formula is C22H28N6O2. The summed E-state index contributed by atoms with van der Waals surface area (Å²) in [7, 11) is 0. The molecule has 158 valence electrons.